The van der Waals surface area contributed by atoms with Gasteiger partial charge in [-0.15, -0.1) is 0 Å². The average molecular weight is 507 g/mol. The van der Waals surface area contributed by atoms with Gasteiger partial charge < -0.3 is 10.2 Å². The Hall–Kier alpha value is -2.98. The molecule has 0 unspecified atom stereocenters. The molecule has 0 bridgehead atoms. The quantitative estimate of drug-likeness (QED) is 0.507. The van der Waals surface area contributed by atoms with Gasteiger partial charge in [0.1, 0.15) is 18.4 Å². The standard InChI is InChI=1S/C25H35FN4O4S/c1-7-19(3)27-25(32)20(4)29(16-21-14-12-18(2)13-15-21)24(31)17-30(35(33,34)28(5)6)23-11-9-8-10-22(23)26/h8-15,19-20H,7,16-17H2,1-6H3,(H,27,32)/t19-,20-/m0/s1. The number of halogens is 1. The van der Waals surface area contributed by atoms with Gasteiger partial charge in [0, 0.05) is 26.7 Å². The molecular formula is C25H35FN4O4S. The Morgan fingerprint density at radius 3 is 2.17 bits per heavy atom. The molecule has 35 heavy (non-hydrogen) atoms. The van der Waals surface area contributed by atoms with Crippen LogP contribution in [0.15, 0.2) is 48.5 Å². The third kappa shape index (κ3) is 7.25. The Bertz CT molecular complexity index is 1120. The molecule has 0 spiro atoms. The van der Waals surface area contributed by atoms with Crippen LogP contribution in [0.25, 0.3) is 0 Å². The van der Waals surface area contributed by atoms with Crippen molar-refractivity contribution >= 4 is 27.7 Å². The summed E-state index contributed by atoms with van der Waals surface area (Å²) >= 11 is 0. The van der Waals surface area contributed by atoms with Crippen LogP contribution in [0.4, 0.5) is 10.1 Å². The summed E-state index contributed by atoms with van der Waals surface area (Å²) in [7, 11) is -1.60. The highest BCUT2D eigenvalue weighted by molar-refractivity contribution is 7.90. The smallest absolute Gasteiger partial charge is 0.304 e. The van der Waals surface area contributed by atoms with Gasteiger partial charge in [-0.1, -0.05) is 48.9 Å². The molecule has 2 atom stereocenters. The molecule has 0 saturated carbocycles. The molecule has 0 saturated heterocycles. The van der Waals surface area contributed by atoms with Gasteiger partial charge in [0.25, 0.3) is 0 Å². The Kier molecular flexibility index (Phi) is 9.79. The molecule has 2 amide bonds. The Balaban J connectivity index is 2.46. The predicted molar refractivity (Wildman–Crippen MR) is 135 cm³/mol. The number of carbonyl (C=O) groups is 2. The van der Waals surface area contributed by atoms with Gasteiger partial charge >= 0.3 is 10.2 Å². The van der Waals surface area contributed by atoms with E-state index >= 15 is 0 Å². The molecule has 0 heterocycles. The third-order valence-electron chi connectivity index (χ3n) is 5.78. The lowest BCUT2D eigenvalue weighted by Gasteiger charge is -2.33. The van der Waals surface area contributed by atoms with E-state index in [4.69, 9.17) is 0 Å². The number of para-hydroxylation sites is 1. The van der Waals surface area contributed by atoms with Crippen LogP contribution in [-0.2, 0) is 26.3 Å². The fourth-order valence-corrected chi connectivity index (χ4v) is 4.36. The summed E-state index contributed by atoms with van der Waals surface area (Å²) in [5.41, 5.74) is 1.57. The number of nitrogens with zero attached hydrogens (tertiary/aromatic N) is 3. The number of aryl methyl sites for hydroxylation is 1. The van der Waals surface area contributed by atoms with E-state index in [1.54, 1.807) is 6.92 Å². The first-order valence-corrected chi connectivity index (χ1v) is 12.9. The topological polar surface area (TPSA) is 90.0 Å². The SMILES string of the molecule is CC[C@H](C)NC(=O)[C@H](C)N(Cc1ccc(C)cc1)C(=O)CN(c1ccccc1F)S(=O)(=O)N(C)C. The maximum atomic E-state index is 14.6. The van der Waals surface area contributed by atoms with Gasteiger partial charge in [-0.05, 0) is 44.9 Å². The van der Waals surface area contributed by atoms with Gasteiger partial charge in [0.15, 0.2) is 0 Å². The zero-order chi connectivity index (χ0) is 26.3. The minimum Gasteiger partial charge on any atom is -0.352 e. The monoisotopic (exact) mass is 506 g/mol. The van der Waals surface area contributed by atoms with Gasteiger partial charge in [0.2, 0.25) is 11.8 Å². The van der Waals surface area contributed by atoms with Crippen molar-refractivity contribution in [2.75, 3.05) is 24.9 Å². The highest BCUT2D eigenvalue weighted by Gasteiger charge is 2.33. The summed E-state index contributed by atoms with van der Waals surface area (Å²) in [4.78, 5) is 27.8. The predicted octanol–water partition coefficient (Wildman–Crippen LogP) is 3.08. The summed E-state index contributed by atoms with van der Waals surface area (Å²) in [5.74, 6) is -1.77. The number of benzene rings is 2. The summed E-state index contributed by atoms with van der Waals surface area (Å²) in [5, 5.41) is 2.87. The zero-order valence-corrected chi connectivity index (χ0v) is 22.0. The normalized spacial score (nSPS) is 13.3. The van der Waals surface area contributed by atoms with Gasteiger partial charge in [-0.3, -0.25) is 9.59 Å². The van der Waals surface area contributed by atoms with Crippen molar-refractivity contribution in [3.63, 3.8) is 0 Å². The van der Waals surface area contributed by atoms with Crippen LogP contribution in [0.3, 0.4) is 0 Å². The first kappa shape index (κ1) is 28.3. The van der Waals surface area contributed by atoms with Crippen LogP contribution >= 0.6 is 0 Å². The Morgan fingerprint density at radius 1 is 1.03 bits per heavy atom. The second-order valence-corrected chi connectivity index (χ2v) is 10.8. The number of hydrogen-bond acceptors (Lipinski definition) is 4. The van der Waals surface area contributed by atoms with E-state index in [0.29, 0.717) is 6.42 Å². The molecule has 2 rings (SSSR count). The van der Waals surface area contributed by atoms with Crippen molar-refractivity contribution in [2.24, 2.45) is 0 Å². The molecule has 10 heteroatoms. The lowest BCUT2D eigenvalue weighted by atomic mass is 10.1. The van der Waals surface area contributed by atoms with Gasteiger partial charge in [-0.2, -0.15) is 12.7 Å². The largest absolute Gasteiger partial charge is 0.352 e. The number of hydrogen-bond donors (Lipinski definition) is 1. The maximum Gasteiger partial charge on any atom is 0.304 e. The number of carbonyl (C=O) groups excluding carboxylic acids is 2. The fraction of sp³-hybridized carbons (Fsp3) is 0.440. The van der Waals surface area contributed by atoms with Crippen molar-refractivity contribution in [3.05, 3.63) is 65.5 Å². The van der Waals surface area contributed by atoms with Crippen LogP contribution in [0.1, 0.15) is 38.3 Å². The molecule has 0 fully saturated rings. The van der Waals surface area contributed by atoms with E-state index < -0.39 is 34.5 Å². The van der Waals surface area contributed by atoms with E-state index in [1.807, 2.05) is 45.0 Å². The summed E-state index contributed by atoms with van der Waals surface area (Å²) in [6.07, 6.45) is 0.715. The summed E-state index contributed by atoms with van der Waals surface area (Å²) in [6.45, 7) is 6.74. The highest BCUT2D eigenvalue weighted by atomic mass is 32.2. The fourth-order valence-electron chi connectivity index (χ4n) is 3.29. The van der Waals surface area contributed by atoms with E-state index in [2.05, 4.69) is 5.32 Å². The summed E-state index contributed by atoms with van der Waals surface area (Å²) < 4.78 is 42.4. The molecule has 2 aromatic rings. The number of amides is 2. The molecular weight excluding hydrogens is 471 g/mol. The van der Waals surface area contributed by atoms with Crippen molar-refractivity contribution < 1.29 is 22.4 Å². The van der Waals surface area contributed by atoms with Crippen molar-refractivity contribution in [1.82, 2.24) is 14.5 Å². The molecule has 0 radical (unpaired) electrons. The average Bonchev–Trinajstić information content (AvgIpc) is 2.81. The molecule has 0 aliphatic carbocycles. The molecule has 8 nitrogen and oxygen atoms in total. The number of nitrogens with one attached hydrogen (secondary N) is 1. The zero-order valence-electron chi connectivity index (χ0n) is 21.2. The minimum absolute atomic E-state index is 0.0847. The van der Waals surface area contributed by atoms with Crippen LogP contribution in [0.2, 0.25) is 0 Å². The van der Waals surface area contributed by atoms with Crippen LogP contribution in [0.5, 0.6) is 0 Å². The van der Waals surface area contributed by atoms with Gasteiger partial charge in [0.05, 0.1) is 5.69 Å². The van der Waals surface area contributed by atoms with Crippen LogP contribution < -0.4 is 9.62 Å². The molecule has 0 aromatic heterocycles. The maximum absolute atomic E-state index is 14.6. The van der Waals surface area contributed by atoms with E-state index in [1.165, 1.54) is 37.2 Å². The van der Waals surface area contributed by atoms with Crippen LogP contribution in [-0.4, -0.2) is 62.2 Å². The van der Waals surface area contributed by atoms with E-state index in [-0.39, 0.29) is 24.2 Å². The molecule has 1 N–H and O–H groups in total. The second-order valence-electron chi connectivity index (χ2n) is 8.75. The number of rotatable bonds is 11. The highest BCUT2D eigenvalue weighted by Crippen LogP contribution is 2.24. The lowest BCUT2D eigenvalue weighted by Crippen LogP contribution is -2.53. The van der Waals surface area contributed by atoms with E-state index in [0.717, 1.165) is 25.8 Å². The minimum atomic E-state index is -4.21. The Morgan fingerprint density at radius 2 is 1.63 bits per heavy atom. The molecule has 0 aliphatic heterocycles. The lowest BCUT2D eigenvalue weighted by molar-refractivity contribution is -0.139. The van der Waals surface area contributed by atoms with Gasteiger partial charge in [-0.25, -0.2) is 8.70 Å². The van der Waals surface area contributed by atoms with E-state index in [9.17, 15) is 22.4 Å². The second kappa shape index (κ2) is 12.1. The first-order chi connectivity index (χ1) is 16.4. The first-order valence-electron chi connectivity index (χ1n) is 11.5. The molecule has 192 valence electrons. The van der Waals surface area contributed by atoms with Crippen molar-refractivity contribution in [1.29, 1.82) is 0 Å². The Labute approximate surface area is 207 Å². The van der Waals surface area contributed by atoms with Crippen molar-refractivity contribution in [3.8, 4) is 0 Å². The third-order valence-corrected chi connectivity index (χ3v) is 7.59. The number of anilines is 1. The molecule has 0 aliphatic rings. The van der Waals surface area contributed by atoms with Crippen LogP contribution in [0, 0.1) is 12.7 Å². The molecule has 2 aromatic carbocycles. The summed E-state index contributed by atoms with van der Waals surface area (Å²) in [6, 6.07) is 11.9. The van der Waals surface area contributed by atoms with Crippen molar-refractivity contribution in [2.45, 2.75) is 52.7 Å².